The van der Waals surface area contributed by atoms with E-state index in [-0.39, 0.29) is 17.2 Å². The maximum atomic E-state index is 9.95. The van der Waals surface area contributed by atoms with Crippen molar-refractivity contribution in [2.24, 2.45) is 5.73 Å². The van der Waals surface area contributed by atoms with Gasteiger partial charge < -0.3 is 25.1 Å². The van der Waals surface area contributed by atoms with Crippen LogP contribution in [0.3, 0.4) is 0 Å². The van der Waals surface area contributed by atoms with E-state index in [0.717, 1.165) is 5.56 Å². The summed E-state index contributed by atoms with van der Waals surface area (Å²) in [5, 5.41) is 19.6. The van der Waals surface area contributed by atoms with Crippen molar-refractivity contribution < 1.29 is 19.3 Å². The molecule has 0 saturated carbocycles. The minimum atomic E-state index is -0.530. The number of allylic oxidation sites excluding steroid dienone is 1. The van der Waals surface area contributed by atoms with Gasteiger partial charge in [-0.05, 0) is 50.2 Å². The molecular weight excluding hydrogens is 332 g/mol. The van der Waals surface area contributed by atoms with Gasteiger partial charge >= 0.3 is 0 Å². The Kier molecular flexibility index (Phi) is 4.90. The number of hydrogen-bond acceptors (Lipinski definition) is 6. The molecule has 0 aromatic heterocycles. The Morgan fingerprint density at radius 1 is 1.12 bits per heavy atom. The van der Waals surface area contributed by atoms with E-state index in [1.165, 1.54) is 6.07 Å². The van der Waals surface area contributed by atoms with Crippen molar-refractivity contribution in [3.63, 3.8) is 0 Å². The molecule has 1 aliphatic heterocycles. The maximum Gasteiger partial charge on any atom is 0.205 e. The summed E-state index contributed by atoms with van der Waals surface area (Å²) in [4.78, 5) is 0. The summed E-state index contributed by atoms with van der Waals surface area (Å²) in [5.74, 6) is 1.37. The smallest absolute Gasteiger partial charge is 0.205 e. The molecule has 1 atom stereocenters. The van der Waals surface area contributed by atoms with Crippen LogP contribution in [0.5, 0.6) is 23.0 Å². The molecule has 2 aromatic rings. The Morgan fingerprint density at radius 3 is 2.58 bits per heavy atom. The van der Waals surface area contributed by atoms with Crippen molar-refractivity contribution in [2.75, 3.05) is 13.2 Å². The van der Waals surface area contributed by atoms with E-state index < -0.39 is 5.92 Å². The Labute approximate surface area is 152 Å². The molecule has 6 heteroatoms. The summed E-state index contributed by atoms with van der Waals surface area (Å²) in [7, 11) is 0. The third-order valence-electron chi connectivity index (χ3n) is 4.10. The Balaban J connectivity index is 2.25. The van der Waals surface area contributed by atoms with E-state index in [1.807, 2.05) is 32.0 Å². The molecule has 1 aliphatic rings. The molecule has 3 rings (SSSR count). The van der Waals surface area contributed by atoms with Gasteiger partial charge in [-0.15, -0.1) is 0 Å². The van der Waals surface area contributed by atoms with Crippen molar-refractivity contribution >= 4 is 0 Å². The van der Waals surface area contributed by atoms with Crippen LogP contribution in [0.1, 0.15) is 30.9 Å². The van der Waals surface area contributed by atoms with Crippen molar-refractivity contribution in [1.29, 1.82) is 5.26 Å². The van der Waals surface area contributed by atoms with Crippen molar-refractivity contribution in [1.82, 2.24) is 0 Å². The zero-order chi connectivity index (χ0) is 18.7. The number of nitrogens with two attached hydrogens (primary N) is 1. The van der Waals surface area contributed by atoms with Gasteiger partial charge in [0.15, 0.2) is 0 Å². The zero-order valence-corrected chi connectivity index (χ0v) is 14.7. The molecule has 1 unspecified atom stereocenters. The number of phenolic OH excluding ortho intramolecular Hbond substituents is 1. The van der Waals surface area contributed by atoms with Gasteiger partial charge in [0.1, 0.15) is 34.6 Å². The molecule has 0 aliphatic carbocycles. The summed E-state index contributed by atoms with van der Waals surface area (Å²) in [6.45, 7) is 4.77. The summed E-state index contributed by atoms with van der Waals surface area (Å²) in [6, 6.07) is 12.3. The maximum absolute atomic E-state index is 9.95. The Bertz CT molecular complexity index is 899. The summed E-state index contributed by atoms with van der Waals surface area (Å²) < 4.78 is 16.9. The molecule has 0 saturated heterocycles. The monoisotopic (exact) mass is 352 g/mol. The van der Waals surface area contributed by atoms with Gasteiger partial charge in [0, 0.05) is 11.1 Å². The second-order valence-corrected chi connectivity index (χ2v) is 5.71. The van der Waals surface area contributed by atoms with Crippen LogP contribution in [0, 0.1) is 11.3 Å². The third kappa shape index (κ3) is 3.11. The minimum absolute atomic E-state index is 0.0416. The fourth-order valence-electron chi connectivity index (χ4n) is 3.06. The average molecular weight is 352 g/mol. The van der Waals surface area contributed by atoms with E-state index in [0.29, 0.717) is 36.0 Å². The van der Waals surface area contributed by atoms with Gasteiger partial charge in [-0.25, -0.2) is 0 Å². The Hall–Kier alpha value is -3.33. The minimum Gasteiger partial charge on any atom is -0.508 e. The lowest BCUT2D eigenvalue weighted by atomic mass is 9.83. The van der Waals surface area contributed by atoms with Crippen LogP contribution in [0.2, 0.25) is 0 Å². The highest BCUT2D eigenvalue weighted by Crippen LogP contribution is 2.46. The van der Waals surface area contributed by atoms with Gasteiger partial charge in [-0.1, -0.05) is 0 Å². The van der Waals surface area contributed by atoms with Crippen LogP contribution >= 0.6 is 0 Å². The van der Waals surface area contributed by atoms with Gasteiger partial charge in [0.25, 0.3) is 0 Å². The highest BCUT2D eigenvalue weighted by molar-refractivity contribution is 5.60. The molecule has 0 amide bonds. The highest BCUT2D eigenvalue weighted by atomic mass is 16.5. The quantitative estimate of drug-likeness (QED) is 0.856. The fraction of sp³-hybridized carbons (Fsp3) is 0.250. The van der Waals surface area contributed by atoms with Gasteiger partial charge in [-0.2, -0.15) is 5.26 Å². The lowest BCUT2D eigenvalue weighted by Gasteiger charge is -2.28. The van der Waals surface area contributed by atoms with E-state index in [4.69, 9.17) is 19.9 Å². The summed E-state index contributed by atoms with van der Waals surface area (Å²) in [5.41, 5.74) is 7.63. The lowest BCUT2D eigenvalue weighted by Crippen LogP contribution is -2.21. The first kappa shape index (κ1) is 17.5. The standard InChI is InChI=1S/C20H20N2O4/c1-3-24-13-6-8-17(25-4-2)15(10-13)19-14-9-12(23)5-7-18(14)26-20(22)16(19)11-21/h5-10,19,23H,3-4,22H2,1-2H3. The molecule has 0 bridgehead atoms. The SMILES string of the molecule is CCOc1ccc(OCC)c(C2C(C#N)=C(N)Oc3ccc(O)cc32)c1. The van der Waals surface area contributed by atoms with Crippen LogP contribution < -0.4 is 19.9 Å². The first-order chi connectivity index (χ1) is 12.6. The third-order valence-corrected chi connectivity index (χ3v) is 4.10. The predicted molar refractivity (Wildman–Crippen MR) is 96.2 cm³/mol. The first-order valence-corrected chi connectivity index (χ1v) is 8.39. The fourth-order valence-corrected chi connectivity index (χ4v) is 3.06. The molecule has 3 N–H and O–H groups in total. The molecular formula is C20H20N2O4. The number of fused-ring (bicyclic) bond motifs is 1. The summed E-state index contributed by atoms with van der Waals surface area (Å²) in [6.07, 6.45) is 0. The molecule has 0 spiro atoms. The molecule has 26 heavy (non-hydrogen) atoms. The highest BCUT2D eigenvalue weighted by Gasteiger charge is 2.33. The number of benzene rings is 2. The van der Waals surface area contributed by atoms with Crippen LogP contribution in [-0.2, 0) is 0 Å². The van der Waals surface area contributed by atoms with Crippen molar-refractivity contribution in [3.05, 3.63) is 59.0 Å². The molecule has 6 nitrogen and oxygen atoms in total. The van der Waals surface area contributed by atoms with Crippen LogP contribution in [0.25, 0.3) is 0 Å². The number of aromatic hydroxyl groups is 1. The van der Waals surface area contributed by atoms with Crippen LogP contribution in [-0.4, -0.2) is 18.3 Å². The van der Waals surface area contributed by atoms with E-state index >= 15 is 0 Å². The van der Waals surface area contributed by atoms with Crippen molar-refractivity contribution in [2.45, 2.75) is 19.8 Å². The molecule has 0 radical (unpaired) electrons. The number of ether oxygens (including phenoxy) is 3. The van der Waals surface area contributed by atoms with Gasteiger partial charge in [-0.3, -0.25) is 0 Å². The lowest BCUT2D eigenvalue weighted by molar-refractivity contribution is 0.325. The van der Waals surface area contributed by atoms with Crippen LogP contribution in [0.4, 0.5) is 0 Å². The van der Waals surface area contributed by atoms with E-state index in [2.05, 4.69) is 6.07 Å². The second-order valence-electron chi connectivity index (χ2n) is 5.71. The van der Waals surface area contributed by atoms with Crippen LogP contribution in [0.15, 0.2) is 47.9 Å². The molecule has 1 heterocycles. The zero-order valence-electron chi connectivity index (χ0n) is 14.7. The molecule has 134 valence electrons. The first-order valence-electron chi connectivity index (χ1n) is 8.39. The largest absolute Gasteiger partial charge is 0.508 e. The van der Waals surface area contributed by atoms with Crippen molar-refractivity contribution in [3.8, 4) is 29.1 Å². The average Bonchev–Trinajstić information content (AvgIpc) is 2.63. The predicted octanol–water partition coefficient (Wildman–Crippen LogP) is 3.41. The number of nitriles is 1. The van der Waals surface area contributed by atoms with E-state index in [9.17, 15) is 10.4 Å². The molecule has 0 fully saturated rings. The topological polar surface area (TPSA) is 97.7 Å². The summed E-state index contributed by atoms with van der Waals surface area (Å²) >= 11 is 0. The normalized spacial score (nSPS) is 15.7. The number of phenols is 1. The number of hydrogen-bond donors (Lipinski definition) is 2. The molecule has 2 aromatic carbocycles. The second kappa shape index (κ2) is 7.28. The van der Waals surface area contributed by atoms with Gasteiger partial charge in [0.05, 0.1) is 19.1 Å². The van der Waals surface area contributed by atoms with E-state index in [1.54, 1.807) is 12.1 Å². The van der Waals surface area contributed by atoms with Gasteiger partial charge in [0.2, 0.25) is 5.88 Å². The number of nitrogens with zero attached hydrogens (tertiary/aromatic N) is 1. The number of rotatable bonds is 5. The Morgan fingerprint density at radius 2 is 1.88 bits per heavy atom.